The van der Waals surface area contributed by atoms with E-state index in [4.69, 9.17) is 5.11 Å². The minimum atomic E-state index is -4.47. The number of hydrogen-bond donors (Lipinski definition) is 1. The van der Waals surface area contributed by atoms with Crippen molar-refractivity contribution >= 4 is 17.6 Å². The number of benzene rings is 1. The topological polar surface area (TPSA) is 57.6 Å². The summed E-state index contributed by atoms with van der Waals surface area (Å²) < 4.78 is 37.4. The smallest absolute Gasteiger partial charge is 0.416 e. The molecule has 0 spiro atoms. The lowest BCUT2D eigenvalue weighted by molar-refractivity contribution is -0.138. The Hall–Kier alpha value is -2.05. The summed E-state index contributed by atoms with van der Waals surface area (Å²) in [5.74, 6) is -1.72. The lowest BCUT2D eigenvalue weighted by Gasteiger charge is -2.15. The predicted octanol–water partition coefficient (Wildman–Crippen LogP) is 1.68. The van der Waals surface area contributed by atoms with Crippen LogP contribution in [0, 0.1) is 0 Å². The summed E-state index contributed by atoms with van der Waals surface area (Å²) in [5.41, 5.74) is -0.405. The molecule has 4 nitrogen and oxygen atoms in total. The molecule has 1 aromatic carbocycles. The van der Waals surface area contributed by atoms with Crippen LogP contribution >= 0.6 is 0 Å². The average Bonchev–Trinajstić information content (AvgIpc) is 2.53. The number of carbonyl (C=O) groups is 2. The largest absolute Gasteiger partial charge is 0.480 e. The van der Waals surface area contributed by atoms with Crippen LogP contribution in [-0.4, -0.2) is 23.5 Å². The third kappa shape index (κ3) is 2.15. The van der Waals surface area contributed by atoms with E-state index in [9.17, 15) is 22.8 Å². The number of alkyl halides is 3. The molecule has 0 fully saturated rings. The first-order valence-electron chi connectivity index (χ1n) is 5.01. The molecule has 0 aromatic heterocycles. The van der Waals surface area contributed by atoms with Gasteiger partial charge in [-0.2, -0.15) is 13.2 Å². The van der Waals surface area contributed by atoms with Crippen molar-refractivity contribution in [1.29, 1.82) is 0 Å². The van der Waals surface area contributed by atoms with Gasteiger partial charge in [-0.1, -0.05) is 0 Å². The summed E-state index contributed by atoms with van der Waals surface area (Å²) >= 11 is 0. The fourth-order valence-corrected chi connectivity index (χ4v) is 1.87. The van der Waals surface area contributed by atoms with Gasteiger partial charge in [0.25, 0.3) is 0 Å². The van der Waals surface area contributed by atoms with Gasteiger partial charge >= 0.3 is 12.1 Å². The van der Waals surface area contributed by atoms with Gasteiger partial charge in [-0.05, 0) is 23.8 Å². The van der Waals surface area contributed by atoms with Gasteiger partial charge in [0.05, 0.1) is 12.0 Å². The van der Waals surface area contributed by atoms with Gasteiger partial charge in [-0.15, -0.1) is 0 Å². The van der Waals surface area contributed by atoms with Crippen LogP contribution in [0.5, 0.6) is 0 Å². The van der Waals surface area contributed by atoms with Crippen LogP contribution in [0.3, 0.4) is 0 Å². The molecule has 0 saturated carbocycles. The quantitative estimate of drug-likeness (QED) is 0.879. The molecule has 1 aliphatic heterocycles. The van der Waals surface area contributed by atoms with Crippen LogP contribution in [-0.2, 0) is 22.2 Å². The van der Waals surface area contributed by atoms with Crippen LogP contribution in [0.25, 0.3) is 0 Å². The summed E-state index contributed by atoms with van der Waals surface area (Å²) in [4.78, 5) is 23.0. The summed E-state index contributed by atoms with van der Waals surface area (Å²) in [6.45, 7) is -0.544. The Balaban J connectivity index is 2.38. The fraction of sp³-hybridized carbons (Fsp3) is 0.273. The molecule has 1 N–H and O–H groups in total. The maximum atomic E-state index is 12.5. The molecule has 0 radical (unpaired) electrons. The van der Waals surface area contributed by atoms with Gasteiger partial charge in [0, 0.05) is 5.69 Å². The van der Waals surface area contributed by atoms with Crippen molar-refractivity contribution in [3.8, 4) is 0 Å². The number of carboxylic acids is 1. The number of amides is 1. The zero-order valence-electron chi connectivity index (χ0n) is 8.99. The second-order valence-corrected chi connectivity index (χ2v) is 3.89. The minimum absolute atomic E-state index is 0.202. The molecule has 0 saturated heterocycles. The number of halogens is 3. The zero-order chi connectivity index (χ0) is 13.5. The van der Waals surface area contributed by atoms with Gasteiger partial charge in [-0.25, -0.2) is 0 Å². The Morgan fingerprint density at radius 3 is 2.61 bits per heavy atom. The number of carbonyl (C=O) groups excluding carboxylic acids is 1. The number of carboxylic acid groups (broad SMARTS) is 1. The van der Waals surface area contributed by atoms with Crippen molar-refractivity contribution in [2.24, 2.45) is 0 Å². The molecule has 1 aromatic rings. The normalized spacial score (nSPS) is 14.8. The van der Waals surface area contributed by atoms with Gasteiger partial charge in [0.1, 0.15) is 6.54 Å². The van der Waals surface area contributed by atoms with Crippen LogP contribution in [0.15, 0.2) is 18.2 Å². The predicted molar refractivity (Wildman–Crippen MR) is 55.1 cm³/mol. The van der Waals surface area contributed by atoms with Crippen molar-refractivity contribution in [3.05, 3.63) is 29.3 Å². The van der Waals surface area contributed by atoms with Crippen molar-refractivity contribution in [1.82, 2.24) is 0 Å². The van der Waals surface area contributed by atoms with E-state index in [1.165, 1.54) is 0 Å². The Kier molecular flexibility index (Phi) is 2.76. The average molecular weight is 259 g/mol. The van der Waals surface area contributed by atoms with E-state index in [-0.39, 0.29) is 17.7 Å². The van der Waals surface area contributed by atoms with E-state index in [0.29, 0.717) is 0 Å². The Morgan fingerprint density at radius 2 is 2.06 bits per heavy atom. The van der Waals surface area contributed by atoms with Gasteiger partial charge in [0.2, 0.25) is 5.91 Å². The van der Waals surface area contributed by atoms with Gasteiger partial charge in [-0.3, -0.25) is 9.59 Å². The maximum absolute atomic E-state index is 12.5. The molecular weight excluding hydrogens is 251 g/mol. The number of anilines is 1. The first-order chi connectivity index (χ1) is 8.29. The number of hydrogen-bond acceptors (Lipinski definition) is 2. The summed E-state index contributed by atoms with van der Waals surface area (Å²) in [6.07, 6.45) is -4.68. The number of aliphatic carboxylic acids is 1. The van der Waals surface area contributed by atoms with Crippen LogP contribution in [0.4, 0.5) is 18.9 Å². The van der Waals surface area contributed by atoms with Gasteiger partial charge in [0.15, 0.2) is 0 Å². The highest BCUT2D eigenvalue weighted by Crippen LogP contribution is 2.35. The molecule has 7 heteroatoms. The Bertz CT molecular complexity index is 525. The molecule has 18 heavy (non-hydrogen) atoms. The molecule has 2 rings (SSSR count). The molecule has 1 amide bonds. The van der Waals surface area contributed by atoms with Crippen LogP contribution in [0.2, 0.25) is 0 Å². The Morgan fingerprint density at radius 1 is 1.39 bits per heavy atom. The highest BCUT2D eigenvalue weighted by Gasteiger charge is 2.34. The lowest BCUT2D eigenvalue weighted by atomic mass is 10.1. The highest BCUT2D eigenvalue weighted by atomic mass is 19.4. The summed E-state index contributed by atoms with van der Waals surface area (Å²) in [7, 11) is 0. The van der Waals surface area contributed by atoms with E-state index in [1.807, 2.05) is 0 Å². The SMILES string of the molecule is O=C(O)CN1C(=O)Cc2cc(C(F)(F)F)ccc21. The molecule has 0 aliphatic carbocycles. The van der Waals surface area contributed by atoms with Crippen LogP contribution in [0.1, 0.15) is 11.1 Å². The van der Waals surface area contributed by atoms with E-state index in [0.717, 1.165) is 23.1 Å². The van der Waals surface area contributed by atoms with Crippen molar-refractivity contribution in [2.75, 3.05) is 11.4 Å². The second kappa shape index (κ2) is 4.01. The summed E-state index contributed by atoms with van der Waals surface area (Å²) in [5, 5.41) is 8.63. The molecule has 96 valence electrons. The number of fused-ring (bicyclic) bond motifs is 1. The van der Waals surface area contributed by atoms with Crippen molar-refractivity contribution < 1.29 is 27.9 Å². The molecule has 0 unspecified atom stereocenters. The Labute approximate surface area is 99.6 Å². The van der Waals surface area contributed by atoms with Crippen molar-refractivity contribution in [3.63, 3.8) is 0 Å². The van der Waals surface area contributed by atoms with E-state index >= 15 is 0 Å². The standard InChI is InChI=1S/C11H8F3NO3/c12-11(13,14)7-1-2-8-6(3-7)4-9(16)15(8)5-10(17)18/h1-3H,4-5H2,(H,17,18). The maximum Gasteiger partial charge on any atom is 0.416 e. The third-order valence-corrected chi connectivity index (χ3v) is 2.63. The van der Waals surface area contributed by atoms with Crippen LogP contribution < -0.4 is 4.90 Å². The summed E-state index contributed by atoms with van der Waals surface area (Å²) in [6, 6.07) is 2.85. The third-order valence-electron chi connectivity index (χ3n) is 2.63. The van der Waals surface area contributed by atoms with E-state index in [1.54, 1.807) is 0 Å². The highest BCUT2D eigenvalue weighted by molar-refractivity contribution is 6.04. The molecule has 0 bridgehead atoms. The van der Waals surface area contributed by atoms with Gasteiger partial charge < -0.3 is 10.0 Å². The first kappa shape index (κ1) is 12.4. The molecule has 1 aliphatic rings. The first-order valence-corrected chi connectivity index (χ1v) is 5.01. The zero-order valence-corrected chi connectivity index (χ0v) is 8.99. The molecule has 0 atom stereocenters. The van der Waals surface area contributed by atoms with Crippen molar-refractivity contribution in [2.45, 2.75) is 12.6 Å². The van der Waals surface area contributed by atoms with E-state index < -0.39 is 30.2 Å². The van der Waals surface area contributed by atoms with E-state index in [2.05, 4.69) is 0 Å². The molecular formula is C11H8F3NO3. The number of rotatable bonds is 2. The lowest BCUT2D eigenvalue weighted by Crippen LogP contribution is -2.32. The number of nitrogens with zero attached hydrogens (tertiary/aromatic N) is 1. The minimum Gasteiger partial charge on any atom is -0.480 e. The second-order valence-electron chi connectivity index (χ2n) is 3.89. The molecule has 1 heterocycles. The fourth-order valence-electron chi connectivity index (χ4n) is 1.87. The monoisotopic (exact) mass is 259 g/mol.